The summed E-state index contributed by atoms with van der Waals surface area (Å²) >= 11 is 0. The van der Waals surface area contributed by atoms with E-state index in [1.807, 2.05) is 0 Å². The van der Waals surface area contributed by atoms with Crippen molar-refractivity contribution in [3.8, 4) is 5.75 Å². The van der Waals surface area contributed by atoms with Gasteiger partial charge >= 0.3 is 5.97 Å². The SMILES string of the molecule is COC(=O)COc1ccc(S(=O)(=O)Nc2cc([N+](=O)[O-])ccc2C)cc1C. The Hall–Kier alpha value is -3.14. The van der Waals surface area contributed by atoms with Gasteiger partial charge in [0.15, 0.2) is 6.61 Å². The molecule has 0 saturated carbocycles. The van der Waals surface area contributed by atoms with Crippen molar-refractivity contribution in [2.75, 3.05) is 18.4 Å². The topological polar surface area (TPSA) is 125 Å². The van der Waals surface area contributed by atoms with Crippen LogP contribution in [0.2, 0.25) is 0 Å². The van der Waals surface area contributed by atoms with Gasteiger partial charge in [-0.1, -0.05) is 6.07 Å². The number of carbonyl (C=O) groups is 1. The van der Waals surface area contributed by atoms with Crippen molar-refractivity contribution in [1.29, 1.82) is 0 Å². The van der Waals surface area contributed by atoms with Gasteiger partial charge in [0.05, 0.1) is 22.6 Å². The Morgan fingerprint density at radius 1 is 1.15 bits per heavy atom. The summed E-state index contributed by atoms with van der Waals surface area (Å²) in [5.41, 5.74) is 0.936. The number of hydrogen-bond acceptors (Lipinski definition) is 7. The first-order valence-electron chi connectivity index (χ1n) is 7.72. The summed E-state index contributed by atoms with van der Waals surface area (Å²) in [6.07, 6.45) is 0. The lowest BCUT2D eigenvalue weighted by Gasteiger charge is -2.13. The molecule has 0 aliphatic carbocycles. The highest BCUT2D eigenvalue weighted by Gasteiger charge is 2.19. The summed E-state index contributed by atoms with van der Waals surface area (Å²) in [4.78, 5) is 21.4. The third kappa shape index (κ3) is 4.94. The monoisotopic (exact) mass is 394 g/mol. The lowest BCUT2D eigenvalue weighted by Crippen LogP contribution is -2.15. The molecule has 0 amide bonds. The predicted octanol–water partition coefficient (Wildman–Crippen LogP) is 2.56. The van der Waals surface area contributed by atoms with E-state index < -0.39 is 20.9 Å². The van der Waals surface area contributed by atoms with E-state index in [0.29, 0.717) is 16.9 Å². The van der Waals surface area contributed by atoms with E-state index in [1.54, 1.807) is 13.8 Å². The standard InChI is InChI=1S/C17H18N2O7S/c1-11-4-5-13(19(21)22)9-15(11)18-27(23,24)14-6-7-16(12(2)8-14)26-10-17(20)25-3/h4-9,18H,10H2,1-3H3. The number of nitrogens with zero attached hydrogens (tertiary/aromatic N) is 1. The van der Waals surface area contributed by atoms with Gasteiger partial charge in [-0.3, -0.25) is 14.8 Å². The van der Waals surface area contributed by atoms with Crippen LogP contribution in [0.3, 0.4) is 0 Å². The van der Waals surface area contributed by atoms with E-state index in [2.05, 4.69) is 9.46 Å². The predicted molar refractivity (Wildman–Crippen MR) is 97.3 cm³/mol. The second-order valence-corrected chi connectivity index (χ2v) is 7.34. The molecule has 10 heteroatoms. The number of sulfonamides is 1. The number of anilines is 1. The normalized spacial score (nSPS) is 10.9. The molecule has 0 atom stereocenters. The van der Waals surface area contributed by atoms with Crippen LogP contribution < -0.4 is 9.46 Å². The second kappa shape index (κ2) is 8.04. The summed E-state index contributed by atoms with van der Waals surface area (Å²) in [5, 5.41) is 10.9. The number of nitrogens with one attached hydrogen (secondary N) is 1. The molecule has 0 fully saturated rings. The van der Waals surface area contributed by atoms with Crippen molar-refractivity contribution < 1.29 is 27.6 Å². The van der Waals surface area contributed by atoms with E-state index in [1.165, 1.54) is 37.4 Å². The van der Waals surface area contributed by atoms with Gasteiger partial charge in [-0.15, -0.1) is 0 Å². The zero-order valence-corrected chi connectivity index (χ0v) is 15.7. The van der Waals surface area contributed by atoms with Crippen molar-refractivity contribution in [2.45, 2.75) is 18.7 Å². The molecule has 0 spiro atoms. The molecule has 2 aromatic carbocycles. The van der Waals surface area contributed by atoms with Crippen LogP contribution in [0.1, 0.15) is 11.1 Å². The lowest BCUT2D eigenvalue weighted by molar-refractivity contribution is -0.384. The van der Waals surface area contributed by atoms with Crippen LogP contribution in [0.5, 0.6) is 5.75 Å². The molecule has 0 aliphatic rings. The molecule has 27 heavy (non-hydrogen) atoms. The number of non-ortho nitro benzene ring substituents is 1. The van der Waals surface area contributed by atoms with Gasteiger partial charge in [0.25, 0.3) is 15.7 Å². The number of hydrogen-bond donors (Lipinski definition) is 1. The highest BCUT2D eigenvalue weighted by atomic mass is 32.2. The average molecular weight is 394 g/mol. The molecule has 0 bridgehead atoms. The molecule has 2 rings (SSSR count). The number of esters is 1. The Kier molecular flexibility index (Phi) is 6.01. The van der Waals surface area contributed by atoms with Crippen LogP contribution in [0.25, 0.3) is 0 Å². The number of nitro benzene ring substituents is 1. The van der Waals surface area contributed by atoms with Gasteiger partial charge in [0, 0.05) is 12.1 Å². The molecule has 0 radical (unpaired) electrons. The van der Waals surface area contributed by atoms with Crippen LogP contribution >= 0.6 is 0 Å². The third-order valence-corrected chi connectivity index (χ3v) is 5.07. The maximum Gasteiger partial charge on any atom is 0.343 e. The Balaban J connectivity index is 2.27. The zero-order valence-electron chi connectivity index (χ0n) is 14.9. The lowest BCUT2D eigenvalue weighted by atomic mass is 10.2. The number of nitro groups is 1. The maximum absolute atomic E-state index is 12.6. The first-order chi connectivity index (χ1) is 12.6. The van der Waals surface area contributed by atoms with Gasteiger partial charge in [-0.05, 0) is 43.2 Å². The van der Waals surface area contributed by atoms with Crippen molar-refractivity contribution >= 4 is 27.4 Å². The first kappa shape index (κ1) is 20.2. The minimum absolute atomic E-state index is 0.0451. The largest absolute Gasteiger partial charge is 0.482 e. The Morgan fingerprint density at radius 3 is 2.44 bits per heavy atom. The van der Waals surface area contributed by atoms with E-state index >= 15 is 0 Å². The fourth-order valence-electron chi connectivity index (χ4n) is 2.18. The minimum Gasteiger partial charge on any atom is -0.482 e. The molecule has 0 heterocycles. The average Bonchev–Trinajstić information content (AvgIpc) is 2.61. The van der Waals surface area contributed by atoms with E-state index in [0.717, 1.165) is 6.07 Å². The fourth-order valence-corrected chi connectivity index (χ4v) is 3.39. The van der Waals surface area contributed by atoms with Crippen molar-refractivity contribution in [2.24, 2.45) is 0 Å². The van der Waals surface area contributed by atoms with Crippen LogP contribution in [-0.4, -0.2) is 33.0 Å². The van der Waals surface area contributed by atoms with Gasteiger partial charge in [0.1, 0.15) is 5.75 Å². The van der Waals surface area contributed by atoms with E-state index in [4.69, 9.17) is 4.74 Å². The van der Waals surface area contributed by atoms with Crippen LogP contribution in [0.15, 0.2) is 41.3 Å². The molecule has 0 saturated heterocycles. The Bertz CT molecular complexity index is 987. The molecule has 9 nitrogen and oxygen atoms in total. The summed E-state index contributed by atoms with van der Waals surface area (Å²) in [6.45, 7) is 2.97. The van der Waals surface area contributed by atoms with E-state index in [-0.39, 0.29) is 22.9 Å². The molecule has 0 aliphatic heterocycles. The summed E-state index contributed by atoms with van der Waals surface area (Å²) in [5.74, 6) is -0.222. The van der Waals surface area contributed by atoms with Crippen LogP contribution in [0.4, 0.5) is 11.4 Å². The minimum atomic E-state index is -3.97. The van der Waals surface area contributed by atoms with Gasteiger partial charge < -0.3 is 9.47 Å². The summed E-state index contributed by atoms with van der Waals surface area (Å²) in [7, 11) is -2.74. The van der Waals surface area contributed by atoms with Crippen molar-refractivity contribution in [3.63, 3.8) is 0 Å². The first-order valence-corrected chi connectivity index (χ1v) is 9.20. The number of rotatable bonds is 7. The van der Waals surface area contributed by atoms with Crippen LogP contribution in [-0.2, 0) is 19.6 Å². The molecule has 1 N–H and O–H groups in total. The number of carbonyl (C=O) groups excluding carboxylic acids is 1. The molecular weight excluding hydrogens is 376 g/mol. The van der Waals surface area contributed by atoms with Crippen LogP contribution in [0, 0.1) is 24.0 Å². The van der Waals surface area contributed by atoms with Gasteiger partial charge in [-0.2, -0.15) is 0 Å². The Labute approximate surface area is 156 Å². The maximum atomic E-state index is 12.6. The smallest absolute Gasteiger partial charge is 0.343 e. The summed E-state index contributed by atoms with van der Waals surface area (Å²) < 4.78 is 37.3. The van der Waals surface area contributed by atoms with E-state index in [9.17, 15) is 23.3 Å². The molecular formula is C17H18N2O7S. The highest BCUT2D eigenvalue weighted by Crippen LogP contribution is 2.27. The second-order valence-electron chi connectivity index (χ2n) is 5.65. The third-order valence-electron chi connectivity index (χ3n) is 3.71. The molecule has 0 unspecified atom stereocenters. The number of methoxy groups -OCH3 is 1. The fraction of sp³-hybridized carbons (Fsp3) is 0.235. The zero-order chi connectivity index (χ0) is 20.2. The Morgan fingerprint density at radius 2 is 1.85 bits per heavy atom. The summed E-state index contributed by atoms with van der Waals surface area (Å²) in [6, 6.07) is 8.03. The number of aryl methyl sites for hydroxylation is 2. The van der Waals surface area contributed by atoms with Crippen molar-refractivity contribution in [3.05, 3.63) is 57.6 Å². The van der Waals surface area contributed by atoms with Crippen molar-refractivity contribution in [1.82, 2.24) is 0 Å². The van der Waals surface area contributed by atoms with Gasteiger partial charge in [-0.25, -0.2) is 13.2 Å². The number of benzene rings is 2. The van der Waals surface area contributed by atoms with Gasteiger partial charge in [0.2, 0.25) is 0 Å². The highest BCUT2D eigenvalue weighted by molar-refractivity contribution is 7.92. The quantitative estimate of drug-likeness (QED) is 0.434. The number of ether oxygens (including phenoxy) is 2. The molecule has 144 valence electrons. The molecule has 2 aromatic rings. The molecule has 0 aromatic heterocycles.